The van der Waals surface area contributed by atoms with Gasteiger partial charge in [0.2, 0.25) is 5.91 Å². The molecular formula is C10H22N2O3. The van der Waals surface area contributed by atoms with Crippen LogP contribution in [-0.4, -0.2) is 42.9 Å². The maximum atomic E-state index is 11.5. The van der Waals surface area contributed by atoms with Crippen molar-refractivity contribution in [1.82, 2.24) is 5.32 Å². The Morgan fingerprint density at radius 2 is 2.13 bits per heavy atom. The predicted molar refractivity (Wildman–Crippen MR) is 58.4 cm³/mol. The van der Waals surface area contributed by atoms with E-state index in [0.717, 1.165) is 0 Å². The van der Waals surface area contributed by atoms with Crippen LogP contribution < -0.4 is 11.1 Å². The summed E-state index contributed by atoms with van der Waals surface area (Å²) in [5.41, 5.74) is 5.63. The molecule has 15 heavy (non-hydrogen) atoms. The molecule has 0 fully saturated rings. The van der Waals surface area contributed by atoms with E-state index in [1.54, 1.807) is 14.0 Å². The number of ether oxygens (including phenoxy) is 1. The third-order valence-electron chi connectivity index (χ3n) is 2.05. The van der Waals surface area contributed by atoms with Gasteiger partial charge in [-0.25, -0.2) is 0 Å². The molecule has 0 aromatic heterocycles. The highest BCUT2D eigenvalue weighted by Gasteiger charge is 2.16. The number of aliphatic hydroxyl groups is 1. The molecule has 3 atom stereocenters. The number of rotatable bonds is 7. The Labute approximate surface area is 91.0 Å². The number of hydrogen-bond donors (Lipinski definition) is 3. The molecule has 0 radical (unpaired) electrons. The first-order chi connectivity index (χ1) is 6.97. The Hall–Kier alpha value is -0.650. The molecule has 90 valence electrons. The molecule has 0 rings (SSSR count). The van der Waals surface area contributed by atoms with Gasteiger partial charge in [0.25, 0.3) is 0 Å². The van der Waals surface area contributed by atoms with Crippen LogP contribution in [0.1, 0.15) is 26.7 Å². The topological polar surface area (TPSA) is 84.6 Å². The highest BCUT2D eigenvalue weighted by Crippen LogP contribution is 1.98. The molecule has 0 heterocycles. The molecule has 3 unspecified atom stereocenters. The molecule has 0 spiro atoms. The Morgan fingerprint density at radius 3 is 2.60 bits per heavy atom. The molecule has 0 aromatic rings. The fourth-order valence-electron chi connectivity index (χ4n) is 1.30. The van der Waals surface area contributed by atoms with Crippen LogP contribution in [0.3, 0.4) is 0 Å². The van der Waals surface area contributed by atoms with Gasteiger partial charge in [-0.15, -0.1) is 0 Å². The van der Waals surface area contributed by atoms with Crippen LogP contribution in [0, 0.1) is 0 Å². The van der Waals surface area contributed by atoms with Crippen LogP contribution in [0.25, 0.3) is 0 Å². The van der Waals surface area contributed by atoms with E-state index in [2.05, 4.69) is 5.32 Å². The van der Waals surface area contributed by atoms with Crippen LogP contribution in [-0.2, 0) is 9.53 Å². The minimum absolute atomic E-state index is 0.0638. The second-order valence-corrected chi connectivity index (χ2v) is 3.88. The van der Waals surface area contributed by atoms with Crippen molar-refractivity contribution in [2.45, 2.75) is 44.9 Å². The van der Waals surface area contributed by atoms with Crippen molar-refractivity contribution in [2.24, 2.45) is 5.73 Å². The number of carbonyl (C=O) groups excluding carboxylic acids is 1. The number of amides is 1. The summed E-state index contributed by atoms with van der Waals surface area (Å²) >= 11 is 0. The molecule has 5 nitrogen and oxygen atoms in total. The van der Waals surface area contributed by atoms with Gasteiger partial charge in [0.05, 0.1) is 12.1 Å². The summed E-state index contributed by atoms with van der Waals surface area (Å²) < 4.78 is 4.83. The third kappa shape index (κ3) is 7.30. The molecule has 0 saturated carbocycles. The van der Waals surface area contributed by atoms with Crippen molar-refractivity contribution in [2.75, 3.05) is 13.7 Å². The standard InChI is InChI=1S/C10H22N2O3/c1-7(6-8(2)13)12-10(14)9(11)4-5-15-3/h7-9,13H,4-6,11H2,1-3H3,(H,12,14). The Morgan fingerprint density at radius 1 is 1.53 bits per heavy atom. The number of hydrogen-bond acceptors (Lipinski definition) is 4. The summed E-state index contributed by atoms with van der Waals surface area (Å²) in [6, 6.07) is -0.604. The molecule has 0 aliphatic heterocycles. The summed E-state index contributed by atoms with van der Waals surface area (Å²) in [5.74, 6) is -0.194. The van der Waals surface area contributed by atoms with Crippen molar-refractivity contribution in [3.05, 3.63) is 0 Å². The van der Waals surface area contributed by atoms with E-state index in [1.165, 1.54) is 0 Å². The number of carbonyl (C=O) groups is 1. The minimum atomic E-state index is -0.540. The molecule has 5 heteroatoms. The number of aliphatic hydroxyl groups excluding tert-OH is 1. The second kappa shape index (κ2) is 7.62. The molecule has 4 N–H and O–H groups in total. The summed E-state index contributed by atoms with van der Waals surface area (Å²) in [4.78, 5) is 11.5. The van der Waals surface area contributed by atoms with Crippen molar-refractivity contribution < 1.29 is 14.6 Å². The summed E-state index contributed by atoms with van der Waals surface area (Å²) in [7, 11) is 1.57. The normalized spacial score (nSPS) is 16.9. The first-order valence-electron chi connectivity index (χ1n) is 5.20. The van der Waals surface area contributed by atoms with Crippen molar-refractivity contribution in [3.8, 4) is 0 Å². The first kappa shape index (κ1) is 14.3. The maximum absolute atomic E-state index is 11.5. The largest absolute Gasteiger partial charge is 0.393 e. The van der Waals surface area contributed by atoms with Gasteiger partial charge in [-0.3, -0.25) is 4.79 Å². The van der Waals surface area contributed by atoms with E-state index < -0.39 is 12.1 Å². The molecule has 0 aromatic carbocycles. The van der Waals surface area contributed by atoms with E-state index in [4.69, 9.17) is 15.6 Å². The fraction of sp³-hybridized carbons (Fsp3) is 0.900. The smallest absolute Gasteiger partial charge is 0.237 e. The van der Waals surface area contributed by atoms with Crippen molar-refractivity contribution in [3.63, 3.8) is 0 Å². The zero-order valence-corrected chi connectivity index (χ0v) is 9.69. The summed E-state index contributed by atoms with van der Waals surface area (Å²) in [5, 5.41) is 11.9. The molecule has 1 amide bonds. The van der Waals surface area contributed by atoms with Crippen LogP contribution in [0.5, 0.6) is 0 Å². The lowest BCUT2D eigenvalue weighted by Gasteiger charge is -2.18. The predicted octanol–water partition coefficient (Wildman–Crippen LogP) is -0.374. The highest BCUT2D eigenvalue weighted by molar-refractivity contribution is 5.81. The third-order valence-corrected chi connectivity index (χ3v) is 2.05. The fourth-order valence-corrected chi connectivity index (χ4v) is 1.30. The number of methoxy groups -OCH3 is 1. The highest BCUT2D eigenvalue weighted by atomic mass is 16.5. The maximum Gasteiger partial charge on any atom is 0.237 e. The van der Waals surface area contributed by atoms with Crippen LogP contribution in [0.15, 0.2) is 0 Å². The lowest BCUT2D eigenvalue weighted by molar-refractivity contribution is -0.123. The summed E-state index contributed by atoms with van der Waals surface area (Å²) in [6.07, 6.45) is 0.613. The van der Waals surface area contributed by atoms with E-state index in [0.29, 0.717) is 19.4 Å². The summed E-state index contributed by atoms with van der Waals surface area (Å²) in [6.45, 7) is 4.00. The lowest BCUT2D eigenvalue weighted by atomic mass is 10.1. The van der Waals surface area contributed by atoms with Gasteiger partial charge in [-0.05, 0) is 26.7 Å². The zero-order chi connectivity index (χ0) is 11.8. The van der Waals surface area contributed by atoms with Crippen molar-refractivity contribution >= 4 is 5.91 Å². The van der Waals surface area contributed by atoms with Gasteiger partial charge in [0.1, 0.15) is 0 Å². The molecule has 0 bridgehead atoms. The van der Waals surface area contributed by atoms with E-state index in [9.17, 15) is 4.79 Å². The van der Waals surface area contributed by atoms with Gasteiger partial charge < -0.3 is 20.9 Å². The monoisotopic (exact) mass is 218 g/mol. The minimum Gasteiger partial charge on any atom is -0.393 e. The Balaban J connectivity index is 3.80. The lowest BCUT2D eigenvalue weighted by Crippen LogP contribution is -2.45. The van der Waals surface area contributed by atoms with E-state index in [1.807, 2.05) is 6.92 Å². The average molecular weight is 218 g/mol. The molecule has 0 aliphatic carbocycles. The van der Waals surface area contributed by atoms with Crippen LogP contribution in [0.2, 0.25) is 0 Å². The number of nitrogens with two attached hydrogens (primary N) is 1. The van der Waals surface area contributed by atoms with Gasteiger partial charge in [0, 0.05) is 19.8 Å². The average Bonchev–Trinajstić information content (AvgIpc) is 2.12. The van der Waals surface area contributed by atoms with E-state index in [-0.39, 0.29) is 11.9 Å². The number of nitrogens with one attached hydrogen (secondary N) is 1. The van der Waals surface area contributed by atoms with Gasteiger partial charge in [-0.2, -0.15) is 0 Å². The Bertz CT molecular complexity index is 186. The molecular weight excluding hydrogens is 196 g/mol. The van der Waals surface area contributed by atoms with E-state index >= 15 is 0 Å². The zero-order valence-electron chi connectivity index (χ0n) is 9.69. The van der Waals surface area contributed by atoms with Gasteiger partial charge in [0.15, 0.2) is 0 Å². The SMILES string of the molecule is COCCC(N)C(=O)NC(C)CC(C)O. The first-order valence-corrected chi connectivity index (χ1v) is 5.20. The van der Waals surface area contributed by atoms with Crippen LogP contribution in [0.4, 0.5) is 0 Å². The molecule has 0 aliphatic rings. The second-order valence-electron chi connectivity index (χ2n) is 3.88. The Kier molecular flexibility index (Phi) is 7.29. The van der Waals surface area contributed by atoms with Gasteiger partial charge >= 0.3 is 0 Å². The molecule has 0 saturated heterocycles. The van der Waals surface area contributed by atoms with Gasteiger partial charge in [-0.1, -0.05) is 0 Å². The van der Waals surface area contributed by atoms with Crippen LogP contribution >= 0.6 is 0 Å². The quantitative estimate of drug-likeness (QED) is 0.544. The van der Waals surface area contributed by atoms with Crippen molar-refractivity contribution in [1.29, 1.82) is 0 Å².